The van der Waals surface area contributed by atoms with E-state index < -0.39 is 0 Å². The van der Waals surface area contributed by atoms with Crippen molar-refractivity contribution in [1.29, 1.82) is 0 Å². The molecule has 0 saturated carbocycles. The standard InChI is InChI=1S/C19H31N3O2.2ClH/c1-4-17-13-22(11-10-21(17)12-14(2)23)19(24)15(3)18(20)16-8-6-5-7-9-16;;/h5-9,14-15,17-18,23H,4,10-13,20H2,1-3H3;2*1H. The number of β-amino-alcohol motifs (C(OH)–C–C–N with tert-alkyl or cyclic N) is 1. The number of aliphatic hydroxyl groups excluding tert-OH is 1. The zero-order valence-corrected chi connectivity index (χ0v) is 17.5. The van der Waals surface area contributed by atoms with Gasteiger partial charge in [0.25, 0.3) is 0 Å². The van der Waals surface area contributed by atoms with Gasteiger partial charge < -0.3 is 15.7 Å². The van der Waals surface area contributed by atoms with Gasteiger partial charge in [-0.3, -0.25) is 9.69 Å². The third-order valence-corrected chi connectivity index (χ3v) is 5.00. The minimum absolute atomic E-state index is 0. The zero-order chi connectivity index (χ0) is 17.7. The zero-order valence-electron chi connectivity index (χ0n) is 15.9. The fourth-order valence-electron chi connectivity index (χ4n) is 3.47. The first-order chi connectivity index (χ1) is 11.4. The van der Waals surface area contributed by atoms with Gasteiger partial charge >= 0.3 is 0 Å². The highest BCUT2D eigenvalue weighted by Crippen LogP contribution is 2.23. The van der Waals surface area contributed by atoms with Crippen LogP contribution in [0, 0.1) is 5.92 Å². The van der Waals surface area contributed by atoms with Crippen molar-refractivity contribution in [2.24, 2.45) is 11.7 Å². The maximum atomic E-state index is 12.9. The molecular weight excluding hydrogens is 373 g/mol. The summed E-state index contributed by atoms with van der Waals surface area (Å²) in [6, 6.07) is 9.83. The molecule has 7 heteroatoms. The number of halogens is 2. The molecule has 1 saturated heterocycles. The van der Waals surface area contributed by atoms with E-state index in [0.29, 0.717) is 25.7 Å². The van der Waals surface area contributed by atoms with Crippen LogP contribution in [0.3, 0.4) is 0 Å². The summed E-state index contributed by atoms with van der Waals surface area (Å²) in [5, 5.41) is 9.64. The van der Waals surface area contributed by atoms with Crippen molar-refractivity contribution in [2.75, 3.05) is 26.2 Å². The van der Waals surface area contributed by atoms with Crippen LogP contribution in [-0.2, 0) is 4.79 Å². The molecule has 0 aromatic heterocycles. The Kier molecular flexibility index (Phi) is 11.4. The predicted octanol–water partition coefficient (Wildman–Crippen LogP) is 2.47. The van der Waals surface area contributed by atoms with Gasteiger partial charge in [-0.25, -0.2) is 0 Å². The molecule has 2 rings (SSSR count). The van der Waals surface area contributed by atoms with Crippen LogP contribution in [0.5, 0.6) is 0 Å². The van der Waals surface area contributed by atoms with E-state index in [0.717, 1.165) is 18.5 Å². The third-order valence-electron chi connectivity index (χ3n) is 5.00. The summed E-state index contributed by atoms with van der Waals surface area (Å²) < 4.78 is 0. The van der Waals surface area contributed by atoms with Gasteiger partial charge in [-0.05, 0) is 18.9 Å². The first-order valence-electron chi connectivity index (χ1n) is 8.95. The predicted molar refractivity (Wildman–Crippen MR) is 111 cm³/mol. The SMILES string of the molecule is CCC1CN(C(=O)C(C)C(N)c2ccccc2)CCN1CC(C)O.Cl.Cl. The second kappa shape index (κ2) is 11.8. The number of aliphatic hydroxyl groups is 1. The normalized spacial score (nSPS) is 21.1. The van der Waals surface area contributed by atoms with Crippen molar-refractivity contribution >= 4 is 30.7 Å². The maximum absolute atomic E-state index is 12.9. The van der Waals surface area contributed by atoms with E-state index >= 15 is 0 Å². The average Bonchev–Trinajstić information content (AvgIpc) is 2.60. The monoisotopic (exact) mass is 405 g/mol. The summed E-state index contributed by atoms with van der Waals surface area (Å²) in [7, 11) is 0. The maximum Gasteiger partial charge on any atom is 0.227 e. The summed E-state index contributed by atoms with van der Waals surface area (Å²) in [5.41, 5.74) is 7.31. The topological polar surface area (TPSA) is 69.8 Å². The van der Waals surface area contributed by atoms with E-state index in [9.17, 15) is 9.90 Å². The van der Waals surface area contributed by atoms with E-state index in [1.54, 1.807) is 0 Å². The van der Waals surface area contributed by atoms with Gasteiger partial charge in [-0.2, -0.15) is 0 Å². The number of rotatable bonds is 6. The van der Waals surface area contributed by atoms with E-state index in [-0.39, 0.29) is 48.8 Å². The Morgan fingerprint density at radius 2 is 1.85 bits per heavy atom. The summed E-state index contributed by atoms with van der Waals surface area (Å²) >= 11 is 0. The van der Waals surface area contributed by atoms with E-state index in [2.05, 4.69) is 11.8 Å². The Morgan fingerprint density at radius 1 is 1.23 bits per heavy atom. The van der Waals surface area contributed by atoms with Gasteiger partial charge in [-0.15, -0.1) is 24.8 Å². The summed E-state index contributed by atoms with van der Waals surface area (Å²) in [5.74, 6) is -0.116. The number of nitrogens with zero attached hydrogens (tertiary/aromatic N) is 2. The third kappa shape index (κ3) is 6.39. The Balaban J connectivity index is 0.00000312. The molecule has 1 fully saturated rings. The first-order valence-corrected chi connectivity index (χ1v) is 8.95. The number of carbonyl (C=O) groups is 1. The van der Waals surface area contributed by atoms with E-state index in [1.807, 2.05) is 49.1 Å². The van der Waals surface area contributed by atoms with Crippen molar-refractivity contribution in [3.63, 3.8) is 0 Å². The molecule has 1 aromatic rings. The molecule has 5 nitrogen and oxygen atoms in total. The minimum atomic E-state index is -0.341. The van der Waals surface area contributed by atoms with Crippen LogP contribution in [0.25, 0.3) is 0 Å². The molecule has 150 valence electrons. The molecule has 1 heterocycles. The average molecular weight is 406 g/mol. The Bertz CT molecular complexity index is 531. The molecule has 1 aliphatic rings. The van der Waals surface area contributed by atoms with Gasteiger partial charge in [0, 0.05) is 38.3 Å². The molecular formula is C19H33Cl2N3O2. The van der Waals surface area contributed by atoms with Gasteiger partial charge in [0.05, 0.1) is 12.0 Å². The summed E-state index contributed by atoms with van der Waals surface area (Å²) in [4.78, 5) is 17.1. The number of amides is 1. The molecule has 0 bridgehead atoms. The van der Waals surface area contributed by atoms with Crippen LogP contribution in [0.4, 0.5) is 0 Å². The lowest BCUT2D eigenvalue weighted by molar-refractivity contribution is -0.139. The van der Waals surface area contributed by atoms with E-state index in [4.69, 9.17) is 5.73 Å². The fourth-order valence-corrected chi connectivity index (χ4v) is 3.47. The van der Waals surface area contributed by atoms with Crippen LogP contribution in [0.15, 0.2) is 30.3 Å². The first kappa shape index (κ1) is 25.1. The number of hydrogen-bond acceptors (Lipinski definition) is 4. The van der Waals surface area contributed by atoms with Crippen LogP contribution in [0.2, 0.25) is 0 Å². The smallest absolute Gasteiger partial charge is 0.227 e. The molecule has 0 radical (unpaired) electrons. The largest absolute Gasteiger partial charge is 0.392 e. The number of piperazine rings is 1. The highest BCUT2D eigenvalue weighted by Gasteiger charge is 2.32. The Morgan fingerprint density at radius 3 is 2.38 bits per heavy atom. The van der Waals surface area contributed by atoms with Crippen molar-refractivity contribution in [3.05, 3.63) is 35.9 Å². The molecule has 1 aromatic carbocycles. The summed E-state index contributed by atoms with van der Waals surface area (Å²) in [6.45, 7) is 8.75. The number of hydrogen-bond donors (Lipinski definition) is 2. The van der Waals surface area contributed by atoms with Crippen LogP contribution < -0.4 is 5.73 Å². The lowest BCUT2D eigenvalue weighted by Crippen LogP contribution is -2.57. The number of carbonyl (C=O) groups excluding carboxylic acids is 1. The van der Waals surface area contributed by atoms with Crippen molar-refractivity contribution < 1.29 is 9.90 Å². The van der Waals surface area contributed by atoms with Crippen LogP contribution in [0.1, 0.15) is 38.8 Å². The van der Waals surface area contributed by atoms with Gasteiger partial charge in [-0.1, -0.05) is 44.2 Å². The number of benzene rings is 1. The second-order valence-electron chi connectivity index (χ2n) is 6.92. The van der Waals surface area contributed by atoms with E-state index in [1.165, 1.54) is 0 Å². The molecule has 1 aliphatic heterocycles. The van der Waals surface area contributed by atoms with Gasteiger partial charge in [0.15, 0.2) is 0 Å². The molecule has 0 spiro atoms. The molecule has 0 aliphatic carbocycles. The molecule has 26 heavy (non-hydrogen) atoms. The highest BCUT2D eigenvalue weighted by atomic mass is 35.5. The lowest BCUT2D eigenvalue weighted by atomic mass is 9.93. The quantitative estimate of drug-likeness (QED) is 0.762. The molecule has 4 atom stereocenters. The van der Waals surface area contributed by atoms with Gasteiger partial charge in [0.1, 0.15) is 0 Å². The fraction of sp³-hybridized carbons (Fsp3) is 0.632. The van der Waals surface area contributed by atoms with Crippen molar-refractivity contribution in [2.45, 2.75) is 45.4 Å². The summed E-state index contributed by atoms with van der Waals surface area (Å²) in [6.07, 6.45) is 0.627. The van der Waals surface area contributed by atoms with Crippen molar-refractivity contribution in [1.82, 2.24) is 9.80 Å². The van der Waals surface area contributed by atoms with Crippen molar-refractivity contribution in [3.8, 4) is 0 Å². The number of nitrogens with two attached hydrogens (primary N) is 1. The van der Waals surface area contributed by atoms with Crippen LogP contribution >= 0.6 is 24.8 Å². The van der Waals surface area contributed by atoms with Gasteiger partial charge in [0.2, 0.25) is 5.91 Å². The highest BCUT2D eigenvalue weighted by molar-refractivity contribution is 5.85. The Hall–Kier alpha value is -0.850. The molecule has 4 unspecified atom stereocenters. The second-order valence-corrected chi connectivity index (χ2v) is 6.92. The molecule has 3 N–H and O–H groups in total. The van der Waals surface area contributed by atoms with Crippen LogP contribution in [-0.4, -0.2) is 59.1 Å². The molecule has 1 amide bonds. The minimum Gasteiger partial charge on any atom is -0.392 e. The Labute approximate surface area is 169 Å². The lowest BCUT2D eigenvalue weighted by Gasteiger charge is -2.42.